The van der Waals surface area contributed by atoms with Gasteiger partial charge in [-0.2, -0.15) is 0 Å². The number of ether oxygens (including phenoxy) is 1. The SMILES string of the molecule is CCn1c(C(O)CN)nc2cc(OC)ccc21. The fraction of sp³-hybridized carbons (Fsp3) is 0.417. The normalized spacial score (nSPS) is 12.9. The van der Waals surface area contributed by atoms with Crippen molar-refractivity contribution in [2.45, 2.75) is 19.6 Å². The highest BCUT2D eigenvalue weighted by molar-refractivity contribution is 5.78. The van der Waals surface area contributed by atoms with Crippen LogP contribution < -0.4 is 10.5 Å². The summed E-state index contributed by atoms with van der Waals surface area (Å²) < 4.78 is 7.12. The molecule has 0 aliphatic heterocycles. The molecule has 0 aliphatic carbocycles. The first-order valence-corrected chi connectivity index (χ1v) is 5.63. The lowest BCUT2D eigenvalue weighted by Crippen LogP contribution is -2.16. The van der Waals surface area contributed by atoms with Gasteiger partial charge >= 0.3 is 0 Å². The van der Waals surface area contributed by atoms with Crippen LogP contribution in [0.2, 0.25) is 0 Å². The molecule has 0 spiro atoms. The van der Waals surface area contributed by atoms with Gasteiger partial charge in [-0.25, -0.2) is 4.98 Å². The zero-order valence-corrected chi connectivity index (χ0v) is 10.1. The Morgan fingerprint density at radius 1 is 1.53 bits per heavy atom. The molecule has 0 bridgehead atoms. The molecule has 0 fully saturated rings. The first kappa shape index (κ1) is 11.9. The molecule has 0 radical (unpaired) electrons. The van der Waals surface area contributed by atoms with Crippen LogP contribution >= 0.6 is 0 Å². The van der Waals surface area contributed by atoms with Crippen molar-refractivity contribution in [2.75, 3.05) is 13.7 Å². The number of imidazole rings is 1. The lowest BCUT2D eigenvalue weighted by molar-refractivity contribution is 0.172. The molecule has 92 valence electrons. The minimum absolute atomic E-state index is 0.167. The molecule has 1 atom stereocenters. The summed E-state index contributed by atoms with van der Waals surface area (Å²) in [5, 5.41) is 9.83. The number of fused-ring (bicyclic) bond motifs is 1. The molecule has 3 N–H and O–H groups in total. The van der Waals surface area contributed by atoms with Gasteiger partial charge in [-0.05, 0) is 19.1 Å². The zero-order valence-electron chi connectivity index (χ0n) is 10.1. The van der Waals surface area contributed by atoms with E-state index in [9.17, 15) is 5.11 Å². The van der Waals surface area contributed by atoms with Gasteiger partial charge in [0.15, 0.2) is 0 Å². The fourth-order valence-corrected chi connectivity index (χ4v) is 1.95. The van der Waals surface area contributed by atoms with Crippen LogP contribution in [0.5, 0.6) is 5.75 Å². The Hall–Kier alpha value is -1.59. The first-order valence-electron chi connectivity index (χ1n) is 5.63. The third-order valence-corrected chi connectivity index (χ3v) is 2.82. The van der Waals surface area contributed by atoms with Gasteiger partial charge in [0, 0.05) is 19.2 Å². The number of hydrogen-bond donors (Lipinski definition) is 2. The van der Waals surface area contributed by atoms with Crippen LogP contribution in [0.4, 0.5) is 0 Å². The van der Waals surface area contributed by atoms with E-state index in [1.807, 2.05) is 29.7 Å². The molecule has 2 rings (SSSR count). The van der Waals surface area contributed by atoms with Gasteiger partial charge in [-0.1, -0.05) is 0 Å². The molecule has 0 aliphatic rings. The molecule has 1 unspecified atom stereocenters. The second kappa shape index (κ2) is 4.73. The van der Waals surface area contributed by atoms with Crippen molar-refractivity contribution in [3.63, 3.8) is 0 Å². The maximum Gasteiger partial charge on any atom is 0.140 e. The zero-order chi connectivity index (χ0) is 12.4. The van der Waals surface area contributed by atoms with Gasteiger partial charge in [-0.15, -0.1) is 0 Å². The Morgan fingerprint density at radius 2 is 2.29 bits per heavy atom. The van der Waals surface area contributed by atoms with Gasteiger partial charge in [-0.3, -0.25) is 0 Å². The molecule has 5 heteroatoms. The third kappa shape index (κ3) is 1.99. The lowest BCUT2D eigenvalue weighted by atomic mass is 10.3. The van der Waals surface area contributed by atoms with Gasteiger partial charge in [0.2, 0.25) is 0 Å². The predicted molar refractivity (Wildman–Crippen MR) is 66.0 cm³/mol. The summed E-state index contributed by atoms with van der Waals surface area (Å²) in [5.74, 6) is 1.37. The number of hydrogen-bond acceptors (Lipinski definition) is 4. The second-order valence-electron chi connectivity index (χ2n) is 3.82. The minimum atomic E-state index is -0.728. The number of aryl methyl sites for hydroxylation is 1. The minimum Gasteiger partial charge on any atom is -0.497 e. The summed E-state index contributed by atoms with van der Waals surface area (Å²) in [4.78, 5) is 4.42. The standard InChI is InChI=1S/C12H17N3O2/c1-3-15-10-5-4-8(17-2)6-9(10)14-12(15)11(16)7-13/h4-6,11,16H,3,7,13H2,1-2H3. The van der Waals surface area contributed by atoms with E-state index in [-0.39, 0.29) is 6.54 Å². The van der Waals surface area contributed by atoms with Crippen LogP contribution in [-0.2, 0) is 6.54 Å². The van der Waals surface area contributed by atoms with E-state index in [1.54, 1.807) is 7.11 Å². The highest BCUT2D eigenvalue weighted by Gasteiger charge is 2.16. The van der Waals surface area contributed by atoms with Crippen molar-refractivity contribution in [3.8, 4) is 5.75 Å². The molecule has 5 nitrogen and oxygen atoms in total. The highest BCUT2D eigenvalue weighted by Crippen LogP contribution is 2.24. The average Bonchev–Trinajstić information content (AvgIpc) is 2.74. The van der Waals surface area contributed by atoms with E-state index in [4.69, 9.17) is 10.5 Å². The fourth-order valence-electron chi connectivity index (χ4n) is 1.95. The highest BCUT2D eigenvalue weighted by atomic mass is 16.5. The van der Waals surface area contributed by atoms with Crippen LogP contribution in [0.1, 0.15) is 18.9 Å². The quantitative estimate of drug-likeness (QED) is 0.831. The predicted octanol–water partition coefficient (Wildman–Crippen LogP) is 1.06. The number of rotatable bonds is 4. The number of nitrogens with zero attached hydrogens (tertiary/aromatic N) is 2. The van der Waals surface area contributed by atoms with Crippen molar-refractivity contribution in [2.24, 2.45) is 5.73 Å². The number of nitrogens with two attached hydrogens (primary N) is 1. The number of aromatic nitrogens is 2. The summed E-state index contributed by atoms with van der Waals surface area (Å²) >= 11 is 0. The van der Waals surface area contributed by atoms with E-state index in [1.165, 1.54) is 0 Å². The summed E-state index contributed by atoms with van der Waals surface area (Å²) in [6.07, 6.45) is -0.728. The summed E-state index contributed by atoms with van der Waals surface area (Å²) in [6.45, 7) is 2.92. The molecule has 1 heterocycles. The lowest BCUT2D eigenvalue weighted by Gasteiger charge is -2.09. The summed E-state index contributed by atoms with van der Waals surface area (Å²) in [7, 11) is 1.62. The Labute approximate surface area is 99.8 Å². The Bertz CT molecular complexity index is 522. The van der Waals surface area contributed by atoms with E-state index >= 15 is 0 Å². The topological polar surface area (TPSA) is 73.3 Å². The number of benzene rings is 1. The number of aliphatic hydroxyl groups is 1. The molecular weight excluding hydrogens is 218 g/mol. The van der Waals surface area contributed by atoms with E-state index in [0.29, 0.717) is 5.82 Å². The van der Waals surface area contributed by atoms with E-state index in [2.05, 4.69) is 4.98 Å². The molecule has 0 amide bonds. The molecule has 1 aromatic carbocycles. The van der Waals surface area contributed by atoms with Crippen LogP contribution in [0.25, 0.3) is 11.0 Å². The monoisotopic (exact) mass is 235 g/mol. The largest absolute Gasteiger partial charge is 0.497 e. The molecular formula is C12H17N3O2. The summed E-state index contributed by atoms with van der Waals surface area (Å²) in [5.41, 5.74) is 7.27. The first-order chi connectivity index (χ1) is 8.21. The van der Waals surface area contributed by atoms with Crippen molar-refractivity contribution < 1.29 is 9.84 Å². The van der Waals surface area contributed by atoms with Crippen LogP contribution in [0, 0.1) is 0 Å². The van der Waals surface area contributed by atoms with Crippen molar-refractivity contribution in [3.05, 3.63) is 24.0 Å². The van der Waals surface area contributed by atoms with Crippen molar-refractivity contribution >= 4 is 11.0 Å². The molecule has 2 aromatic rings. The second-order valence-corrected chi connectivity index (χ2v) is 3.82. The number of methoxy groups -OCH3 is 1. The van der Waals surface area contributed by atoms with Gasteiger partial charge in [0.05, 0.1) is 18.1 Å². The van der Waals surface area contributed by atoms with Crippen LogP contribution in [0.3, 0.4) is 0 Å². The average molecular weight is 235 g/mol. The maximum atomic E-state index is 9.83. The van der Waals surface area contributed by atoms with Crippen molar-refractivity contribution in [1.29, 1.82) is 0 Å². The van der Waals surface area contributed by atoms with Gasteiger partial charge < -0.3 is 20.1 Å². The van der Waals surface area contributed by atoms with Crippen molar-refractivity contribution in [1.82, 2.24) is 9.55 Å². The third-order valence-electron chi connectivity index (χ3n) is 2.82. The maximum absolute atomic E-state index is 9.83. The van der Waals surface area contributed by atoms with E-state index in [0.717, 1.165) is 23.3 Å². The molecule has 0 saturated carbocycles. The number of aliphatic hydroxyl groups excluding tert-OH is 1. The van der Waals surface area contributed by atoms with Gasteiger partial charge in [0.1, 0.15) is 17.7 Å². The Morgan fingerprint density at radius 3 is 2.88 bits per heavy atom. The Kier molecular flexibility index (Phi) is 3.31. The molecule has 0 saturated heterocycles. The van der Waals surface area contributed by atoms with E-state index < -0.39 is 6.10 Å². The smallest absolute Gasteiger partial charge is 0.140 e. The summed E-state index contributed by atoms with van der Waals surface area (Å²) in [6, 6.07) is 5.68. The van der Waals surface area contributed by atoms with Gasteiger partial charge in [0.25, 0.3) is 0 Å². The Balaban J connectivity index is 2.61. The molecule has 1 aromatic heterocycles. The van der Waals surface area contributed by atoms with Crippen LogP contribution in [0.15, 0.2) is 18.2 Å². The molecule has 17 heavy (non-hydrogen) atoms. The van der Waals surface area contributed by atoms with Crippen LogP contribution in [-0.4, -0.2) is 28.3 Å².